The summed E-state index contributed by atoms with van der Waals surface area (Å²) in [6, 6.07) is 13.9. The molecule has 0 unspecified atom stereocenters. The van der Waals surface area contributed by atoms with Gasteiger partial charge in [0, 0.05) is 11.1 Å². The molecule has 0 spiro atoms. The summed E-state index contributed by atoms with van der Waals surface area (Å²) in [4.78, 5) is 25.1. The van der Waals surface area contributed by atoms with Crippen molar-refractivity contribution in [1.82, 2.24) is 29.9 Å². The van der Waals surface area contributed by atoms with Gasteiger partial charge in [-0.2, -0.15) is 15.0 Å². The highest BCUT2D eigenvalue weighted by atomic mass is 16.4. The van der Waals surface area contributed by atoms with Crippen LogP contribution >= 0.6 is 0 Å². The van der Waals surface area contributed by atoms with E-state index in [-0.39, 0.29) is 18.2 Å². The van der Waals surface area contributed by atoms with Gasteiger partial charge in [0.1, 0.15) is 17.9 Å². The van der Waals surface area contributed by atoms with Crippen molar-refractivity contribution in [3.63, 3.8) is 0 Å². The van der Waals surface area contributed by atoms with E-state index in [2.05, 4.69) is 31.1 Å². The quantitative estimate of drug-likeness (QED) is 0.489. The van der Waals surface area contributed by atoms with E-state index in [1.165, 1.54) is 10.9 Å². The van der Waals surface area contributed by atoms with Crippen LogP contribution in [0.5, 0.6) is 0 Å². The number of hydrogen-bond donors (Lipinski definition) is 2. The minimum absolute atomic E-state index is 0.0395. The van der Waals surface area contributed by atoms with Crippen LogP contribution in [0.4, 0.5) is 5.95 Å². The first-order chi connectivity index (χ1) is 14.5. The van der Waals surface area contributed by atoms with Gasteiger partial charge in [-0.25, -0.2) is 19.7 Å². The van der Waals surface area contributed by atoms with Crippen LogP contribution in [-0.4, -0.2) is 41.0 Å². The Labute approximate surface area is 171 Å². The number of aromatic nitrogens is 6. The van der Waals surface area contributed by atoms with Gasteiger partial charge in [-0.1, -0.05) is 24.1 Å². The zero-order chi connectivity index (χ0) is 21.1. The van der Waals surface area contributed by atoms with Crippen LogP contribution in [0.3, 0.4) is 0 Å². The van der Waals surface area contributed by atoms with E-state index in [9.17, 15) is 4.79 Å². The Morgan fingerprint density at radius 2 is 1.87 bits per heavy atom. The normalized spacial score (nSPS) is 10.5. The van der Waals surface area contributed by atoms with Crippen molar-refractivity contribution in [3.05, 3.63) is 71.7 Å². The second-order valence-corrected chi connectivity index (χ2v) is 6.30. The highest BCUT2D eigenvalue weighted by Gasteiger charge is 2.12. The highest BCUT2D eigenvalue weighted by Crippen LogP contribution is 2.24. The molecule has 3 heterocycles. The molecule has 3 N–H and O–H groups in total. The summed E-state index contributed by atoms with van der Waals surface area (Å²) in [5, 5.41) is 17.7. The second kappa shape index (κ2) is 7.81. The van der Waals surface area contributed by atoms with Gasteiger partial charge in [0.05, 0.1) is 23.3 Å². The van der Waals surface area contributed by atoms with E-state index in [4.69, 9.17) is 17.3 Å². The number of nitrogen functional groups attached to an aromatic ring is 1. The lowest BCUT2D eigenvalue weighted by molar-refractivity contribution is 0.0690. The fourth-order valence-electron chi connectivity index (χ4n) is 2.84. The number of pyridine rings is 1. The molecule has 0 saturated carbocycles. The van der Waals surface area contributed by atoms with Gasteiger partial charge in [0.2, 0.25) is 5.95 Å². The molecular formula is C21H15N7O2. The number of aromatic carboxylic acids is 1. The summed E-state index contributed by atoms with van der Waals surface area (Å²) >= 11 is 0. The number of benzene rings is 1. The van der Waals surface area contributed by atoms with E-state index in [0.29, 0.717) is 22.8 Å². The van der Waals surface area contributed by atoms with Gasteiger partial charge in [-0.05, 0) is 30.3 Å². The number of rotatable bonds is 5. The third-order valence-electron chi connectivity index (χ3n) is 4.20. The Hall–Kier alpha value is -4.58. The van der Waals surface area contributed by atoms with Crippen molar-refractivity contribution >= 4 is 11.9 Å². The van der Waals surface area contributed by atoms with Crippen LogP contribution in [0.25, 0.3) is 22.6 Å². The third-order valence-corrected chi connectivity index (χ3v) is 4.20. The molecule has 0 fully saturated rings. The predicted octanol–water partition coefficient (Wildman–Crippen LogP) is 2.11. The number of carboxylic acid groups (broad SMARTS) is 1. The molecule has 0 saturated heterocycles. The number of terminal acetylenes is 1. The van der Waals surface area contributed by atoms with Crippen LogP contribution in [-0.2, 0) is 6.54 Å². The zero-order valence-electron chi connectivity index (χ0n) is 15.6. The summed E-state index contributed by atoms with van der Waals surface area (Å²) in [5.41, 5.74) is 9.52. The smallest absolute Gasteiger partial charge is 0.354 e. The molecule has 0 aliphatic rings. The maximum atomic E-state index is 11.1. The molecular weight excluding hydrogens is 382 g/mol. The lowest BCUT2D eigenvalue weighted by Crippen LogP contribution is -2.08. The van der Waals surface area contributed by atoms with Gasteiger partial charge < -0.3 is 10.8 Å². The summed E-state index contributed by atoms with van der Waals surface area (Å²) in [5.74, 6) is 1.60. The number of hydrogen-bond acceptors (Lipinski definition) is 7. The van der Waals surface area contributed by atoms with Crippen molar-refractivity contribution in [2.45, 2.75) is 6.54 Å². The largest absolute Gasteiger partial charge is 0.477 e. The van der Waals surface area contributed by atoms with Crippen molar-refractivity contribution < 1.29 is 9.90 Å². The van der Waals surface area contributed by atoms with Gasteiger partial charge in [-0.15, -0.1) is 6.42 Å². The molecule has 0 aliphatic heterocycles. The minimum atomic E-state index is -1.09. The van der Waals surface area contributed by atoms with Crippen LogP contribution in [0, 0.1) is 12.3 Å². The van der Waals surface area contributed by atoms with Crippen LogP contribution < -0.4 is 5.73 Å². The molecule has 0 bridgehead atoms. The number of anilines is 1. The van der Waals surface area contributed by atoms with Crippen molar-refractivity contribution in [2.75, 3.05) is 5.73 Å². The van der Waals surface area contributed by atoms with Crippen LogP contribution in [0.15, 0.2) is 54.7 Å². The molecule has 30 heavy (non-hydrogen) atoms. The van der Waals surface area contributed by atoms with Gasteiger partial charge in [0.25, 0.3) is 0 Å². The number of carbonyl (C=O) groups is 1. The Balaban J connectivity index is 1.63. The van der Waals surface area contributed by atoms with Crippen molar-refractivity contribution in [2.24, 2.45) is 0 Å². The predicted molar refractivity (Wildman–Crippen MR) is 109 cm³/mol. The number of nitrogens with zero attached hydrogens (tertiary/aromatic N) is 6. The van der Waals surface area contributed by atoms with E-state index in [0.717, 1.165) is 11.1 Å². The molecule has 9 nitrogen and oxygen atoms in total. The summed E-state index contributed by atoms with van der Waals surface area (Å²) in [6.07, 6.45) is 7.02. The molecule has 0 radical (unpaired) electrons. The van der Waals surface area contributed by atoms with Crippen LogP contribution in [0.1, 0.15) is 21.7 Å². The number of carboxylic acids is 1. The third kappa shape index (κ3) is 3.98. The zero-order valence-corrected chi connectivity index (χ0v) is 15.6. The topological polar surface area (TPSA) is 133 Å². The van der Waals surface area contributed by atoms with Gasteiger partial charge >= 0.3 is 5.97 Å². The van der Waals surface area contributed by atoms with Gasteiger partial charge in [0.15, 0.2) is 0 Å². The molecule has 4 aromatic rings. The molecule has 1 aromatic carbocycles. The first-order valence-electron chi connectivity index (χ1n) is 8.83. The Morgan fingerprint density at radius 3 is 2.67 bits per heavy atom. The lowest BCUT2D eigenvalue weighted by Gasteiger charge is -2.05. The number of nitrogens with two attached hydrogens (primary N) is 1. The fourth-order valence-corrected chi connectivity index (χ4v) is 2.84. The highest BCUT2D eigenvalue weighted by molar-refractivity contribution is 5.85. The Morgan fingerprint density at radius 1 is 1.07 bits per heavy atom. The van der Waals surface area contributed by atoms with Crippen molar-refractivity contribution in [1.29, 1.82) is 0 Å². The average Bonchev–Trinajstić information content (AvgIpc) is 3.22. The average molecular weight is 397 g/mol. The molecule has 4 rings (SSSR count). The standard InChI is InChI=1S/C21H15N7O2/c1-2-13-5-3-6-14(9-13)17-10-18(26-21(22)25-17)19-11-23-28(27-19)12-15-7-4-8-16(24-15)20(29)30/h1,3-11H,12H2,(H,29,30)(H2,22,25,26). The minimum Gasteiger partial charge on any atom is -0.477 e. The molecule has 0 amide bonds. The summed E-state index contributed by atoms with van der Waals surface area (Å²) < 4.78 is 0. The van der Waals surface area contributed by atoms with E-state index < -0.39 is 5.97 Å². The lowest BCUT2D eigenvalue weighted by atomic mass is 10.1. The Kier molecular flexibility index (Phi) is 4.88. The SMILES string of the molecule is C#Cc1cccc(-c2cc(-c3cnn(Cc4cccc(C(=O)O)n4)n3)nc(N)n2)c1. The molecule has 3 aromatic heterocycles. The summed E-state index contributed by atoms with van der Waals surface area (Å²) in [6.45, 7) is 0.207. The van der Waals surface area contributed by atoms with Gasteiger partial charge in [-0.3, -0.25) is 0 Å². The van der Waals surface area contributed by atoms with E-state index >= 15 is 0 Å². The fraction of sp³-hybridized carbons (Fsp3) is 0.0476. The summed E-state index contributed by atoms with van der Waals surface area (Å²) in [7, 11) is 0. The first kappa shape index (κ1) is 18.8. The van der Waals surface area contributed by atoms with Crippen LogP contribution in [0.2, 0.25) is 0 Å². The Bertz CT molecular complexity index is 1290. The molecule has 146 valence electrons. The van der Waals surface area contributed by atoms with E-state index in [1.54, 1.807) is 24.4 Å². The molecule has 9 heteroatoms. The second-order valence-electron chi connectivity index (χ2n) is 6.30. The molecule has 0 aliphatic carbocycles. The first-order valence-corrected chi connectivity index (χ1v) is 8.83. The maximum Gasteiger partial charge on any atom is 0.354 e. The maximum absolute atomic E-state index is 11.1. The van der Waals surface area contributed by atoms with Crippen molar-refractivity contribution in [3.8, 4) is 35.0 Å². The molecule has 0 atom stereocenters. The monoisotopic (exact) mass is 397 g/mol. The van der Waals surface area contributed by atoms with E-state index in [1.807, 2.05) is 24.3 Å².